The van der Waals surface area contributed by atoms with Crippen LogP contribution in [0.5, 0.6) is 0 Å². The number of nitrogens with two attached hydrogens (primary N) is 1. The molecule has 1 aliphatic heterocycles. The minimum atomic E-state index is -3.85. The number of nitrogens with zero attached hydrogens (tertiary/aromatic N) is 5. The molecule has 230 valence electrons. The van der Waals surface area contributed by atoms with Gasteiger partial charge in [0.05, 0.1) is 46.2 Å². The van der Waals surface area contributed by atoms with Gasteiger partial charge in [-0.3, -0.25) is 23.8 Å². The van der Waals surface area contributed by atoms with Gasteiger partial charge in [0, 0.05) is 41.4 Å². The molecule has 2 aromatic carbocycles. The Morgan fingerprint density at radius 3 is 2.47 bits per heavy atom. The van der Waals surface area contributed by atoms with Crippen molar-refractivity contribution in [3.63, 3.8) is 0 Å². The van der Waals surface area contributed by atoms with Gasteiger partial charge in [-0.05, 0) is 60.4 Å². The summed E-state index contributed by atoms with van der Waals surface area (Å²) in [5, 5.41) is 13.1. The number of sulfonamides is 1. The molecule has 0 saturated carbocycles. The van der Waals surface area contributed by atoms with Crippen LogP contribution in [0.15, 0.2) is 89.1 Å². The molecule has 13 heteroatoms. The van der Waals surface area contributed by atoms with E-state index in [9.17, 15) is 18.0 Å². The van der Waals surface area contributed by atoms with Crippen molar-refractivity contribution in [3.05, 3.63) is 100 Å². The van der Waals surface area contributed by atoms with Crippen LogP contribution in [0.2, 0.25) is 5.02 Å². The normalized spacial score (nSPS) is 17.1. The zero-order valence-electron chi connectivity index (χ0n) is 24.5. The van der Waals surface area contributed by atoms with E-state index in [4.69, 9.17) is 16.7 Å². The quantitative estimate of drug-likeness (QED) is 0.279. The summed E-state index contributed by atoms with van der Waals surface area (Å²) in [4.78, 5) is 36.1. The molecule has 2 atom stereocenters. The molecule has 6 rings (SSSR count). The Morgan fingerprint density at radius 1 is 0.956 bits per heavy atom. The van der Waals surface area contributed by atoms with Crippen LogP contribution in [0.3, 0.4) is 0 Å². The monoisotopic (exact) mass is 643 g/mol. The van der Waals surface area contributed by atoms with Crippen molar-refractivity contribution in [2.75, 3.05) is 5.32 Å². The highest BCUT2D eigenvalue weighted by Crippen LogP contribution is 2.35. The average Bonchev–Trinajstić information content (AvgIpc) is 3.38. The van der Waals surface area contributed by atoms with Crippen molar-refractivity contribution in [3.8, 4) is 33.6 Å². The van der Waals surface area contributed by atoms with Crippen LogP contribution < -0.4 is 16.0 Å². The van der Waals surface area contributed by atoms with Crippen LogP contribution in [0.25, 0.3) is 33.6 Å². The fourth-order valence-electron chi connectivity index (χ4n) is 5.68. The number of amides is 1. The summed E-state index contributed by atoms with van der Waals surface area (Å²) >= 11 is 6.37. The molecular formula is C32H30ClN7O4S. The highest BCUT2D eigenvalue weighted by Gasteiger charge is 2.24. The lowest BCUT2D eigenvalue weighted by Crippen LogP contribution is -2.27. The number of aryl methyl sites for hydroxylation is 1. The van der Waals surface area contributed by atoms with Gasteiger partial charge in [0.25, 0.3) is 5.56 Å². The van der Waals surface area contributed by atoms with Gasteiger partial charge in [-0.15, -0.1) is 0 Å². The van der Waals surface area contributed by atoms with Gasteiger partial charge in [-0.2, -0.15) is 5.10 Å². The van der Waals surface area contributed by atoms with Crippen LogP contribution in [-0.2, 0) is 21.9 Å². The van der Waals surface area contributed by atoms with Crippen LogP contribution in [0, 0.1) is 5.92 Å². The highest BCUT2D eigenvalue weighted by atomic mass is 35.5. The number of fused-ring (bicyclic) bond motifs is 4. The second kappa shape index (κ2) is 12.0. The molecule has 3 N–H and O–H groups in total. The van der Waals surface area contributed by atoms with Crippen molar-refractivity contribution in [1.29, 1.82) is 0 Å². The lowest BCUT2D eigenvalue weighted by molar-refractivity contribution is -0.119. The summed E-state index contributed by atoms with van der Waals surface area (Å²) in [6.07, 6.45) is 6.70. The third-order valence-corrected chi connectivity index (χ3v) is 9.24. The first-order chi connectivity index (χ1) is 21.5. The molecule has 2 bridgehead atoms. The first-order valence-corrected chi connectivity index (χ1v) is 16.2. The van der Waals surface area contributed by atoms with E-state index >= 15 is 0 Å². The SMILES string of the molecule is C[C@@H]1CCC[C@H](n2cnc(-c3cc(Cl)ccc3-c3ccc(S(N)(=O)=O)cc3)cc2=O)c2cc(ccn2)-c2c(cnn2C)NC1=O. The highest BCUT2D eigenvalue weighted by molar-refractivity contribution is 7.89. The van der Waals surface area contributed by atoms with Gasteiger partial charge in [0.1, 0.15) is 0 Å². The standard InChI is InChI=1S/C32H30ClN7O4S/c1-19-4-3-5-29(27-14-21(12-13-35-27)31-28(38-32(19)42)17-37-39(31)2)40-18-36-26(16-30(40)41)25-15-22(33)8-11-24(25)20-6-9-23(10-7-20)45(34,43)44/h6-19,29H,3-5H2,1-2H3,(H,38,42)(H2,34,43,44)/t19-,29+/m1/s1. The molecule has 0 radical (unpaired) electrons. The van der Waals surface area contributed by atoms with E-state index in [1.54, 1.807) is 52.0 Å². The lowest BCUT2D eigenvalue weighted by Gasteiger charge is -2.22. The zero-order valence-corrected chi connectivity index (χ0v) is 26.1. The minimum absolute atomic E-state index is 0.00756. The topological polar surface area (TPSA) is 155 Å². The summed E-state index contributed by atoms with van der Waals surface area (Å²) in [6, 6.07) is 16.2. The number of aromatic nitrogens is 5. The third kappa shape index (κ3) is 6.17. The van der Waals surface area contributed by atoms with Crippen LogP contribution >= 0.6 is 11.6 Å². The van der Waals surface area contributed by atoms with E-state index in [1.807, 2.05) is 26.1 Å². The minimum Gasteiger partial charge on any atom is -0.323 e. The summed E-state index contributed by atoms with van der Waals surface area (Å²) in [5.41, 5.74) is 5.00. The summed E-state index contributed by atoms with van der Waals surface area (Å²) < 4.78 is 26.8. The first-order valence-electron chi connectivity index (χ1n) is 14.3. The molecule has 0 unspecified atom stereocenters. The number of primary sulfonamides is 1. The fourth-order valence-corrected chi connectivity index (χ4v) is 6.37. The van der Waals surface area contributed by atoms with Crippen molar-refractivity contribution >= 4 is 33.2 Å². The van der Waals surface area contributed by atoms with Crippen molar-refractivity contribution in [2.45, 2.75) is 37.1 Å². The maximum absolute atomic E-state index is 13.8. The third-order valence-electron chi connectivity index (χ3n) is 8.08. The molecule has 11 nitrogen and oxygen atoms in total. The van der Waals surface area contributed by atoms with Gasteiger partial charge < -0.3 is 5.32 Å². The predicted octanol–water partition coefficient (Wildman–Crippen LogP) is 5.02. The molecule has 4 heterocycles. The number of nitrogens with one attached hydrogen (secondary N) is 1. The number of hydrogen-bond acceptors (Lipinski definition) is 7. The fraction of sp³-hybridized carbons (Fsp3) is 0.219. The molecule has 3 aromatic heterocycles. The average molecular weight is 644 g/mol. The largest absolute Gasteiger partial charge is 0.323 e. The van der Waals surface area contributed by atoms with E-state index in [2.05, 4.69) is 20.4 Å². The van der Waals surface area contributed by atoms with E-state index < -0.39 is 16.1 Å². The molecule has 1 aliphatic rings. The van der Waals surface area contributed by atoms with Gasteiger partial charge >= 0.3 is 0 Å². The number of rotatable bonds is 4. The lowest BCUT2D eigenvalue weighted by atomic mass is 9.96. The Labute approximate surface area is 264 Å². The Bertz CT molecular complexity index is 2090. The Morgan fingerprint density at radius 2 is 1.73 bits per heavy atom. The number of halogens is 1. The number of anilines is 1. The van der Waals surface area contributed by atoms with Gasteiger partial charge in [-0.1, -0.05) is 43.1 Å². The maximum Gasteiger partial charge on any atom is 0.254 e. The predicted molar refractivity (Wildman–Crippen MR) is 172 cm³/mol. The van der Waals surface area contributed by atoms with E-state index in [1.165, 1.54) is 24.5 Å². The summed E-state index contributed by atoms with van der Waals surface area (Å²) in [6.45, 7) is 1.89. The molecule has 0 aliphatic carbocycles. The Hall–Kier alpha value is -4.65. The summed E-state index contributed by atoms with van der Waals surface area (Å²) in [5.74, 6) is -0.336. The number of carbonyl (C=O) groups excluding carboxylic acids is 1. The van der Waals surface area contributed by atoms with Crippen LogP contribution in [0.4, 0.5) is 5.69 Å². The van der Waals surface area contributed by atoms with Gasteiger partial charge in [-0.25, -0.2) is 18.5 Å². The van der Waals surface area contributed by atoms with Crippen molar-refractivity contribution < 1.29 is 13.2 Å². The number of pyridine rings is 1. The van der Waals surface area contributed by atoms with E-state index in [-0.39, 0.29) is 22.3 Å². The Balaban J connectivity index is 1.42. The molecular weight excluding hydrogens is 614 g/mol. The van der Waals surface area contributed by atoms with Gasteiger partial charge in [0.15, 0.2) is 0 Å². The maximum atomic E-state index is 13.8. The second-order valence-corrected chi connectivity index (χ2v) is 13.1. The van der Waals surface area contributed by atoms with E-state index in [0.717, 1.165) is 11.3 Å². The second-order valence-electron chi connectivity index (χ2n) is 11.1. The number of carbonyl (C=O) groups is 1. The van der Waals surface area contributed by atoms with Gasteiger partial charge in [0.2, 0.25) is 15.9 Å². The van der Waals surface area contributed by atoms with Crippen molar-refractivity contribution in [1.82, 2.24) is 24.3 Å². The van der Waals surface area contributed by atoms with E-state index in [0.29, 0.717) is 58.1 Å². The molecule has 5 aromatic rings. The number of hydrogen-bond donors (Lipinski definition) is 2. The van der Waals surface area contributed by atoms with Crippen LogP contribution in [-0.4, -0.2) is 38.6 Å². The molecule has 1 amide bonds. The Kier molecular flexibility index (Phi) is 8.12. The van der Waals surface area contributed by atoms with Crippen molar-refractivity contribution in [2.24, 2.45) is 18.1 Å². The zero-order chi connectivity index (χ0) is 31.9. The molecule has 0 spiro atoms. The number of benzene rings is 2. The smallest absolute Gasteiger partial charge is 0.254 e. The van der Waals surface area contributed by atoms with Crippen LogP contribution in [0.1, 0.15) is 37.9 Å². The molecule has 45 heavy (non-hydrogen) atoms. The first kappa shape index (κ1) is 30.4. The molecule has 0 saturated heterocycles. The molecule has 0 fully saturated rings. The summed E-state index contributed by atoms with van der Waals surface area (Å²) in [7, 11) is -2.04.